The van der Waals surface area contributed by atoms with Crippen LogP contribution >= 0.6 is 23.1 Å². The fourth-order valence-corrected chi connectivity index (χ4v) is 8.62. The Morgan fingerprint density at radius 2 is 1.79 bits per heavy atom. The monoisotopic (exact) mass is 488 g/mol. The van der Waals surface area contributed by atoms with E-state index in [4.69, 9.17) is 4.74 Å². The molecule has 33 heavy (non-hydrogen) atoms. The van der Waals surface area contributed by atoms with Crippen LogP contribution in [0.2, 0.25) is 0 Å². The van der Waals surface area contributed by atoms with E-state index >= 15 is 0 Å². The molecule has 1 amide bonds. The number of methoxy groups -OCH3 is 1. The fraction of sp³-hybridized carbons (Fsp3) is 0.667. The minimum Gasteiger partial charge on any atom is -0.465 e. The highest BCUT2D eigenvalue weighted by atomic mass is 32.2. The van der Waals surface area contributed by atoms with Crippen molar-refractivity contribution in [2.45, 2.75) is 63.9 Å². The van der Waals surface area contributed by atoms with Gasteiger partial charge >= 0.3 is 5.97 Å². The third kappa shape index (κ3) is 4.34. The maximum atomic E-state index is 12.7. The molecule has 4 aliphatic rings. The quantitative estimate of drug-likeness (QED) is 0.446. The molecular weight excluding hydrogens is 456 g/mol. The molecule has 0 unspecified atom stereocenters. The molecule has 0 saturated heterocycles. The number of amides is 1. The summed E-state index contributed by atoms with van der Waals surface area (Å²) in [5.74, 6) is 3.40. The molecule has 7 nitrogen and oxygen atoms in total. The number of carbonyl (C=O) groups is 2. The van der Waals surface area contributed by atoms with Crippen LogP contribution in [0.3, 0.4) is 0 Å². The Hall–Kier alpha value is -1.87. The first kappa shape index (κ1) is 22.9. The zero-order valence-electron chi connectivity index (χ0n) is 19.8. The van der Waals surface area contributed by atoms with E-state index in [1.54, 1.807) is 0 Å². The average Bonchev–Trinajstić information content (AvgIpc) is 3.23. The number of ether oxygens (including phenoxy) is 1. The molecule has 4 fully saturated rings. The number of aryl methyl sites for hydroxylation is 1. The Kier molecular flexibility index (Phi) is 6.05. The summed E-state index contributed by atoms with van der Waals surface area (Å²) < 4.78 is 6.96. The molecule has 4 aliphatic carbocycles. The number of rotatable bonds is 7. The second-order valence-electron chi connectivity index (χ2n) is 10.4. The lowest BCUT2D eigenvalue weighted by Crippen LogP contribution is -2.47. The summed E-state index contributed by atoms with van der Waals surface area (Å²) in [5.41, 5.74) is 1.70. The topological polar surface area (TPSA) is 86.1 Å². The highest BCUT2D eigenvalue weighted by Gasteiger charge is 2.51. The van der Waals surface area contributed by atoms with Crippen LogP contribution in [0, 0.1) is 37.0 Å². The van der Waals surface area contributed by atoms with Crippen molar-refractivity contribution in [1.29, 1.82) is 0 Å². The largest absolute Gasteiger partial charge is 0.465 e. The second kappa shape index (κ2) is 8.73. The highest BCUT2D eigenvalue weighted by Crippen LogP contribution is 2.61. The lowest BCUT2D eigenvalue weighted by molar-refractivity contribution is -0.113. The molecule has 2 aromatic heterocycles. The van der Waals surface area contributed by atoms with Crippen molar-refractivity contribution >= 4 is 40.0 Å². The molecule has 0 radical (unpaired) electrons. The Balaban J connectivity index is 1.22. The Labute approximate surface area is 203 Å². The smallest absolute Gasteiger partial charge is 0.341 e. The molecule has 2 aromatic rings. The van der Waals surface area contributed by atoms with Gasteiger partial charge in [0.1, 0.15) is 10.8 Å². The van der Waals surface area contributed by atoms with Crippen LogP contribution in [0.25, 0.3) is 0 Å². The average molecular weight is 489 g/mol. The molecule has 4 bridgehead atoms. The third-order valence-electron chi connectivity index (χ3n) is 7.98. The van der Waals surface area contributed by atoms with Gasteiger partial charge in [0.25, 0.3) is 0 Å². The number of hydrogen-bond acceptors (Lipinski definition) is 7. The van der Waals surface area contributed by atoms with Crippen molar-refractivity contribution in [3.05, 3.63) is 21.8 Å². The number of esters is 1. The van der Waals surface area contributed by atoms with E-state index in [2.05, 4.69) is 20.1 Å². The molecule has 0 aliphatic heterocycles. The predicted molar refractivity (Wildman–Crippen MR) is 130 cm³/mol. The van der Waals surface area contributed by atoms with Gasteiger partial charge in [0.05, 0.1) is 18.4 Å². The van der Waals surface area contributed by atoms with E-state index in [0.29, 0.717) is 16.0 Å². The van der Waals surface area contributed by atoms with E-state index in [9.17, 15) is 9.59 Å². The number of aromatic nitrogens is 3. The number of hydrogen-bond donors (Lipinski definition) is 1. The summed E-state index contributed by atoms with van der Waals surface area (Å²) in [4.78, 5) is 25.8. The van der Waals surface area contributed by atoms with E-state index < -0.39 is 5.97 Å². The maximum absolute atomic E-state index is 12.7. The van der Waals surface area contributed by atoms with Gasteiger partial charge in [-0.2, -0.15) is 0 Å². The van der Waals surface area contributed by atoms with Crippen molar-refractivity contribution in [2.75, 3.05) is 18.2 Å². The Bertz CT molecular complexity index is 1050. The zero-order chi connectivity index (χ0) is 23.3. The molecule has 0 atom stereocenters. The molecule has 178 valence electrons. The summed E-state index contributed by atoms with van der Waals surface area (Å²) in [5, 5.41) is 13.1. The zero-order valence-corrected chi connectivity index (χ0v) is 21.4. The van der Waals surface area contributed by atoms with Crippen molar-refractivity contribution < 1.29 is 14.3 Å². The fourth-order valence-electron chi connectivity index (χ4n) is 6.82. The normalized spacial score (nSPS) is 27.7. The first-order chi connectivity index (χ1) is 15.8. The molecular formula is C24H32N4O3S2. The van der Waals surface area contributed by atoms with Crippen molar-refractivity contribution in [1.82, 2.24) is 14.8 Å². The van der Waals surface area contributed by atoms with Crippen LogP contribution in [0.15, 0.2) is 5.16 Å². The van der Waals surface area contributed by atoms with Crippen LogP contribution < -0.4 is 5.32 Å². The standard InChI is InChI=1S/C24H32N4O3S2/c1-13-14(2)33-21(20(13)22(30)31-4)25-19(29)12-32-23-27-26-18(28(23)3)11-24-8-15-5-16(9-24)7-17(6-15)10-24/h15-17H,5-12H2,1-4H3,(H,25,29). The molecule has 0 aromatic carbocycles. The van der Waals surface area contributed by atoms with Gasteiger partial charge in [-0.15, -0.1) is 21.5 Å². The Morgan fingerprint density at radius 3 is 2.39 bits per heavy atom. The van der Waals surface area contributed by atoms with Crippen LogP contribution in [-0.2, 0) is 23.0 Å². The second-order valence-corrected chi connectivity index (χ2v) is 12.5. The summed E-state index contributed by atoms with van der Waals surface area (Å²) in [6.07, 6.45) is 9.36. The minimum atomic E-state index is -0.428. The number of anilines is 1. The summed E-state index contributed by atoms with van der Waals surface area (Å²) in [6, 6.07) is 0. The van der Waals surface area contributed by atoms with Crippen molar-refractivity contribution in [3.8, 4) is 0 Å². The predicted octanol–water partition coefficient (Wildman–Crippen LogP) is 4.77. The summed E-state index contributed by atoms with van der Waals surface area (Å²) in [7, 11) is 3.36. The van der Waals surface area contributed by atoms with Crippen LogP contribution in [0.1, 0.15) is 65.1 Å². The Morgan fingerprint density at radius 1 is 1.15 bits per heavy atom. The number of nitrogens with one attached hydrogen (secondary N) is 1. The molecule has 9 heteroatoms. The number of carbonyl (C=O) groups excluding carboxylic acids is 2. The van der Waals surface area contributed by atoms with Gasteiger partial charge in [0.15, 0.2) is 5.16 Å². The summed E-state index contributed by atoms with van der Waals surface area (Å²) >= 11 is 2.78. The van der Waals surface area contributed by atoms with Gasteiger partial charge in [0.2, 0.25) is 5.91 Å². The van der Waals surface area contributed by atoms with Crippen LogP contribution in [0.5, 0.6) is 0 Å². The number of thiophene rings is 1. The first-order valence-electron chi connectivity index (χ1n) is 11.8. The highest BCUT2D eigenvalue weighted by molar-refractivity contribution is 7.99. The SMILES string of the molecule is COC(=O)c1c(NC(=O)CSc2nnc(CC34CC5CC(CC(C5)C3)C4)n2C)sc(C)c1C. The van der Waals surface area contributed by atoms with E-state index in [1.807, 2.05) is 20.9 Å². The minimum absolute atomic E-state index is 0.169. The molecule has 0 spiro atoms. The molecule has 1 N–H and O–H groups in total. The summed E-state index contributed by atoms with van der Waals surface area (Å²) in [6.45, 7) is 3.80. The number of thioether (sulfide) groups is 1. The van der Waals surface area contributed by atoms with Gasteiger partial charge in [-0.05, 0) is 81.1 Å². The van der Waals surface area contributed by atoms with Crippen molar-refractivity contribution in [2.24, 2.45) is 30.2 Å². The van der Waals surface area contributed by atoms with Crippen LogP contribution in [0.4, 0.5) is 5.00 Å². The lowest BCUT2D eigenvalue weighted by atomic mass is 9.49. The lowest BCUT2D eigenvalue weighted by Gasteiger charge is -2.56. The van der Waals surface area contributed by atoms with Crippen molar-refractivity contribution in [3.63, 3.8) is 0 Å². The van der Waals surface area contributed by atoms with E-state index in [-0.39, 0.29) is 11.7 Å². The number of nitrogens with zero attached hydrogens (tertiary/aromatic N) is 3. The van der Waals surface area contributed by atoms with E-state index in [0.717, 1.165) is 45.6 Å². The van der Waals surface area contributed by atoms with Crippen LogP contribution in [-0.4, -0.2) is 39.5 Å². The molecule has 4 saturated carbocycles. The van der Waals surface area contributed by atoms with Gasteiger partial charge in [-0.25, -0.2) is 4.79 Å². The van der Waals surface area contributed by atoms with E-state index in [1.165, 1.54) is 68.7 Å². The first-order valence-corrected chi connectivity index (χ1v) is 13.6. The van der Waals surface area contributed by atoms with Gasteiger partial charge in [-0.1, -0.05) is 11.8 Å². The van der Waals surface area contributed by atoms with Gasteiger partial charge < -0.3 is 14.6 Å². The third-order valence-corrected chi connectivity index (χ3v) is 10.1. The van der Waals surface area contributed by atoms with Gasteiger partial charge in [-0.3, -0.25) is 4.79 Å². The molecule has 6 rings (SSSR count). The van der Waals surface area contributed by atoms with Gasteiger partial charge in [0, 0.05) is 18.3 Å². The maximum Gasteiger partial charge on any atom is 0.341 e. The molecule has 2 heterocycles.